The molecule has 0 aromatic carbocycles. The van der Waals surface area contributed by atoms with E-state index in [0.717, 1.165) is 0 Å². The van der Waals surface area contributed by atoms with Crippen LogP contribution in [0.4, 0.5) is 0 Å². The number of ether oxygens (including phenoxy) is 1. The Morgan fingerprint density at radius 1 is 1.64 bits per heavy atom. The van der Waals surface area contributed by atoms with Gasteiger partial charge in [-0.05, 0) is 6.08 Å². The lowest BCUT2D eigenvalue weighted by Crippen LogP contribution is -2.07. The van der Waals surface area contributed by atoms with E-state index < -0.39 is 0 Å². The van der Waals surface area contributed by atoms with Gasteiger partial charge in [-0.15, -0.1) is 0 Å². The molecule has 0 aromatic rings. The highest BCUT2D eigenvalue weighted by Gasteiger charge is 1.98. The minimum Gasteiger partial charge on any atom is -0.482 e. The zero-order valence-electron chi connectivity index (χ0n) is 6.17. The van der Waals surface area contributed by atoms with E-state index in [1.165, 1.54) is 13.2 Å². The van der Waals surface area contributed by atoms with Crippen LogP contribution in [-0.2, 0) is 4.74 Å². The van der Waals surface area contributed by atoms with E-state index in [1.807, 2.05) is 0 Å². The van der Waals surface area contributed by atoms with Gasteiger partial charge in [0.25, 0.3) is 0 Å². The summed E-state index contributed by atoms with van der Waals surface area (Å²) >= 11 is 5.33. The smallest absolute Gasteiger partial charge is 0.189 e. The Bertz CT molecular complexity index is 185. The zero-order valence-corrected chi connectivity index (χ0v) is 6.93. The molecule has 11 heavy (non-hydrogen) atoms. The van der Waals surface area contributed by atoms with Gasteiger partial charge >= 0.3 is 0 Å². The van der Waals surface area contributed by atoms with Crippen LogP contribution >= 0.6 is 11.6 Å². The largest absolute Gasteiger partial charge is 0.482 e. The fourth-order valence-corrected chi connectivity index (χ4v) is 0.624. The Labute approximate surface area is 70.1 Å². The number of halogens is 1. The average Bonchev–Trinajstić information content (AvgIpc) is 1.98. The van der Waals surface area contributed by atoms with Gasteiger partial charge in [0.05, 0.1) is 18.9 Å². The molecular formula is C6H11ClN2O2. The maximum absolute atomic E-state index is 8.70. The number of methoxy groups -OCH3 is 1. The molecule has 0 unspecified atom stereocenters. The van der Waals surface area contributed by atoms with Gasteiger partial charge in [0.15, 0.2) is 5.88 Å². The quantitative estimate of drug-likeness (QED) is 0.319. The van der Waals surface area contributed by atoms with Gasteiger partial charge in [-0.25, -0.2) is 0 Å². The second-order valence-corrected chi connectivity index (χ2v) is 2.22. The number of hydrogen-bond donors (Lipinski definition) is 3. The lowest BCUT2D eigenvalue weighted by Gasteiger charge is -2.03. The van der Waals surface area contributed by atoms with Crippen molar-refractivity contribution in [1.29, 1.82) is 0 Å². The van der Waals surface area contributed by atoms with E-state index in [-0.39, 0.29) is 17.6 Å². The van der Waals surface area contributed by atoms with Crippen molar-refractivity contribution in [3.63, 3.8) is 0 Å². The highest BCUT2D eigenvalue weighted by Crippen LogP contribution is 2.04. The predicted octanol–water partition coefficient (Wildman–Crippen LogP) is -0.166. The Balaban J connectivity index is 4.52. The van der Waals surface area contributed by atoms with Crippen LogP contribution in [0.25, 0.3) is 0 Å². The van der Waals surface area contributed by atoms with Crippen LogP contribution in [0.3, 0.4) is 0 Å². The third kappa shape index (κ3) is 3.75. The number of nitrogens with two attached hydrogens (primary N) is 2. The molecule has 0 spiro atoms. The normalized spacial score (nSPS) is 14.3. The van der Waals surface area contributed by atoms with Crippen molar-refractivity contribution in [3.8, 4) is 0 Å². The lowest BCUT2D eigenvalue weighted by atomic mass is 10.3. The van der Waals surface area contributed by atoms with E-state index in [1.54, 1.807) is 0 Å². The van der Waals surface area contributed by atoms with Gasteiger partial charge in [-0.3, -0.25) is 0 Å². The molecule has 0 aliphatic heterocycles. The first-order valence-corrected chi connectivity index (χ1v) is 3.25. The summed E-state index contributed by atoms with van der Waals surface area (Å²) in [4.78, 5) is 0. The van der Waals surface area contributed by atoms with Crippen molar-refractivity contribution in [3.05, 3.63) is 22.7 Å². The maximum atomic E-state index is 8.70. The fourth-order valence-electron chi connectivity index (χ4n) is 0.492. The molecule has 0 rings (SSSR count). The van der Waals surface area contributed by atoms with Crippen LogP contribution in [0.15, 0.2) is 22.7 Å². The van der Waals surface area contributed by atoms with Crippen LogP contribution in [0.5, 0.6) is 0 Å². The first-order chi connectivity index (χ1) is 5.11. The van der Waals surface area contributed by atoms with Crippen LogP contribution < -0.4 is 11.5 Å². The molecule has 0 aliphatic rings. The molecule has 0 bridgehead atoms. The molecule has 5 heteroatoms. The first kappa shape index (κ1) is 10.1. The molecule has 0 aromatic heterocycles. The number of hydrogen-bond acceptors (Lipinski definition) is 4. The summed E-state index contributed by atoms with van der Waals surface area (Å²) in [5, 5.41) is 8.75. The van der Waals surface area contributed by atoms with Gasteiger partial charge in [-0.2, -0.15) is 0 Å². The summed E-state index contributed by atoms with van der Waals surface area (Å²) in [6.45, 7) is -0.257. The Kier molecular flexibility index (Phi) is 4.49. The summed E-state index contributed by atoms with van der Waals surface area (Å²) in [5.74, 6) is 0.108. The average molecular weight is 179 g/mol. The van der Waals surface area contributed by atoms with E-state index in [9.17, 15) is 0 Å². The summed E-state index contributed by atoms with van der Waals surface area (Å²) in [6.07, 6.45) is 1.33. The molecule has 4 nitrogen and oxygen atoms in total. The van der Waals surface area contributed by atoms with Crippen LogP contribution in [-0.4, -0.2) is 18.8 Å². The number of aliphatic hydroxyl groups is 1. The Morgan fingerprint density at radius 3 is 2.45 bits per heavy atom. The maximum Gasteiger partial charge on any atom is 0.189 e. The van der Waals surface area contributed by atoms with Crippen LogP contribution in [0.1, 0.15) is 0 Å². The summed E-state index contributed by atoms with van der Waals surface area (Å²) in [7, 11) is 1.39. The zero-order chi connectivity index (χ0) is 8.85. The highest BCUT2D eigenvalue weighted by molar-refractivity contribution is 6.29. The molecular weight excluding hydrogens is 168 g/mol. The van der Waals surface area contributed by atoms with E-state index in [0.29, 0.717) is 5.57 Å². The molecule has 0 saturated carbocycles. The molecule has 0 aliphatic carbocycles. The molecule has 5 N–H and O–H groups in total. The van der Waals surface area contributed by atoms with Crippen LogP contribution in [0, 0.1) is 0 Å². The SMILES string of the molecule is CO/C(N)=C(/C=C(\N)Cl)CO. The van der Waals surface area contributed by atoms with Gasteiger partial charge in [0, 0.05) is 5.57 Å². The van der Waals surface area contributed by atoms with Gasteiger partial charge < -0.3 is 21.3 Å². The minimum absolute atomic E-state index is 0.0500. The monoisotopic (exact) mass is 178 g/mol. The number of aliphatic hydroxyl groups excluding tert-OH is 1. The fraction of sp³-hybridized carbons (Fsp3) is 0.333. The molecule has 0 fully saturated rings. The van der Waals surface area contributed by atoms with Gasteiger partial charge in [0.1, 0.15) is 0 Å². The predicted molar refractivity (Wildman–Crippen MR) is 43.4 cm³/mol. The Hall–Kier alpha value is -0.870. The standard InChI is InChI=1S/C6H11ClN2O2/c1-11-6(9)4(3-10)2-5(7)8/h2,10H,3,8-9H2,1H3/b5-2-,6-4-. The topological polar surface area (TPSA) is 81.5 Å². The van der Waals surface area contributed by atoms with Crippen molar-refractivity contribution in [2.24, 2.45) is 11.5 Å². The molecule has 0 atom stereocenters. The molecule has 0 radical (unpaired) electrons. The van der Waals surface area contributed by atoms with Crippen molar-refractivity contribution in [2.45, 2.75) is 0 Å². The van der Waals surface area contributed by atoms with Gasteiger partial charge in [0.2, 0.25) is 0 Å². The lowest BCUT2D eigenvalue weighted by molar-refractivity contribution is 0.268. The molecule has 0 heterocycles. The van der Waals surface area contributed by atoms with Crippen molar-refractivity contribution < 1.29 is 9.84 Å². The van der Waals surface area contributed by atoms with E-state index in [2.05, 4.69) is 4.74 Å². The molecule has 64 valence electrons. The molecule has 0 amide bonds. The Morgan fingerprint density at radius 2 is 2.18 bits per heavy atom. The summed E-state index contributed by atoms with van der Waals surface area (Å²) in [5.41, 5.74) is 10.8. The van der Waals surface area contributed by atoms with E-state index in [4.69, 9.17) is 28.2 Å². The highest BCUT2D eigenvalue weighted by atomic mass is 35.5. The van der Waals surface area contributed by atoms with Crippen LogP contribution in [0.2, 0.25) is 0 Å². The van der Waals surface area contributed by atoms with Crippen molar-refractivity contribution >= 4 is 11.6 Å². The second kappa shape index (κ2) is 4.87. The van der Waals surface area contributed by atoms with E-state index >= 15 is 0 Å². The summed E-state index contributed by atoms with van der Waals surface area (Å²) in [6, 6.07) is 0. The number of rotatable bonds is 3. The van der Waals surface area contributed by atoms with Gasteiger partial charge in [-0.1, -0.05) is 11.6 Å². The third-order valence-corrected chi connectivity index (χ3v) is 1.13. The summed E-state index contributed by atoms with van der Waals surface area (Å²) < 4.78 is 4.64. The minimum atomic E-state index is -0.257. The van der Waals surface area contributed by atoms with Crippen molar-refractivity contribution in [2.75, 3.05) is 13.7 Å². The first-order valence-electron chi connectivity index (χ1n) is 2.88. The third-order valence-electron chi connectivity index (χ3n) is 1.02. The second-order valence-electron chi connectivity index (χ2n) is 1.78. The molecule has 0 saturated heterocycles. The van der Waals surface area contributed by atoms with Crippen molar-refractivity contribution in [1.82, 2.24) is 0 Å².